The van der Waals surface area contributed by atoms with E-state index in [2.05, 4.69) is 0 Å². The maximum atomic E-state index is 13.1. The summed E-state index contributed by atoms with van der Waals surface area (Å²) in [6.07, 6.45) is 3.43. The highest BCUT2D eigenvalue weighted by Crippen LogP contribution is 2.27. The Balaban J connectivity index is 1.73. The number of benzene rings is 1. The molecular weight excluding hydrogens is 436 g/mol. The lowest BCUT2D eigenvalue weighted by Gasteiger charge is -2.35. The highest BCUT2D eigenvalue weighted by atomic mass is 32.2. The van der Waals surface area contributed by atoms with Crippen molar-refractivity contribution in [2.24, 2.45) is 0 Å². The van der Waals surface area contributed by atoms with Gasteiger partial charge in [0.25, 0.3) is 5.91 Å². The molecule has 2 unspecified atom stereocenters. The highest BCUT2D eigenvalue weighted by molar-refractivity contribution is 7.89. The number of carbonyl (C=O) groups excluding carboxylic acids is 2. The Bertz CT molecular complexity index is 916. The molecule has 0 radical (unpaired) electrons. The zero-order valence-electron chi connectivity index (χ0n) is 18.9. The van der Waals surface area contributed by atoms with Crippen molar-refractivity contribution in [1.29, 1.82) is 0 Å². The smallest absolute Gasteiger partial charge is 0.342 e. The number of carbonyl (C=O) groups is 2. The topological polar surface area (TPSA) is 102 Å². The summed E-state index contributed by atoms with van der Waals surface area (Å²) in [7, 11) is -2.36. The molecule has 0 aliphatic carbocycles. The van der Waals surface area contributed by atoms with Gasteiger partial charge in [-0.15, -0.1) is 0 Å². The van der Waals surface area contributed by atoms with Crippen molar-refractivity contribution < 1.29 is 32.2 Å². The van der Waals surface area contributed by atoms with Crippen LogP contribution >= 0.6 is 0 Å². The fourth-order valence-electron chi connectivity index (χ4n) is 4.12. The molecule has 32 heavy (non-hydrogen) atoms. The van der Waals surface area contributed by atoms with E-state index in [4.69, 9.17) is 14.2 Å². The first-order valence-corrected chi connectivity index (χ1v) is 12.4. The van der Waals surface area contributed by atoms with Crippen molar-refractivity contribution in [2.75, 3.05) is 39.9 Å². The molecule has 2 aliphatic rings. The molecule has 0 bridgehead atoms. The fourth-order valence-corrected chi connectivity index (χ4v) is 5.66. The Labute approximate surface area is 189 Å². The van der Waals surface area contributed by atoms with Crippen molar-refractivity contribution in [3.8, 4) is 5.75 Å². The molecule has 2 atom stereocenters. The minimum atomic E-state index is -3.75. The molecule has 0 aromatic heterocycles. The average Bonchev–Trinajstić information content (AvgIpc) is 3.06. The summed E-state index contributed by atoms with van der Waals surface area (Å²) >= 11 is 0. The van der Waals surface area contributed by atoms with E-state index in [0.29, 0.717) is 26.2 Å². The van der Waals surface area contributed by atoms with Crippen molar-refractivity contribution in [1.82, 2.24) is 9.21 Å². The first-order chi connectivity index (χ1) is 15.2. The fraction of sp³-hybridized carbons (Fsp3) is 0.636. The summed E-state index contributed by atoms with van der Waals surface area (Å²) in [6, 6.07) is 4.14. The third-order valence-electron chi connectivity index (χ3n) is 5.69. The van der Waals surface area contributed by atoms with E-state index >= 15 is 0 Å². The number of morpholine rings is 1. The SMILES string of the molecule is COc1ccc(S(=O)(=O)N2CCCCCC2)cc1C(=O)OCC(=O)N1CC(C)OC(C)C1. The first kappa shape index (κ1) is 24.5. The molecule has 0 spiro atoms. The Morgan fingerprint density at radius 2 is 1.69 bits per heavy atom. The summed E-state index contributed by atoms with van der Waals surface area (Å²) < 4.78 is 43.8. The van der Waals surface area contributed by atoms with E-state index in [1.165, 1.54) is 29.6 Å². The highest BCUT2D eigenvalue weighted by Gasteiger charge is 2.29. The van der Waals surface area contributed by atoms with Crippen molar-refractivity contribution in [3.63, 3.8) is 0 Å². The van der Waals surface area contributed by atoms with Gasteiger partial charge >= 0.3 is 5.97 Å². The van der Waals surface area contributed by atoms with E-state index < -0.39 is 22.6 Å². The first-order valence-electron chi connectivity index (χ1n) is 11.0. The molecule has 2 saturated heterocycles. The maximum Gasteiger partial charge on any atom is 0.342 e. The molecule has 178 valence electrons. The van der Waals surface area contributed by atoms with Crippen LogP contribution in [0.2, 0.25) is 0 Å². The van der Waals surface area contributed by atoms with Crippen LogP contribution in [0.15, 0.2) is 23.1 Å². The van der Waals surface area contributed by atoms with E-state index in [1.54, 1.807) is 4.90 Å². The predicted molar refractivity (Wildman–Crippen MR) is 117 cm³/mol. The molecule has 0 N–H and O–H groups in total. The third kappa shape index (κ3) is 5.79. The third-order valence-corrected chi connectivity index (χ3v) is 7.59. The number of hydrogen-bond donors (Lipinski definition) is 0. The van der Waals surface area contributed by atoms with Crippen LogP contribution in [-0.4, -0.2) is 81.6 Å². The van der Waals surface area contributed by atoms with Crippen LogP contribution in [0, 0.1) is 0 Å². The van der Waals surface area contributed by atoms with E-state index in [9.17, 15) is 18.0 Å². The standard InChI is InChI=1S/C22H32N2O7S/c1-16-13-23(14-17(2)31-16)21(25)15-30-22(26)19-12-18(8-9-20(19)29-3)32(27,28)24-10-6-4-5-7-11-24/h8-9,12,16-17H,4-7,10-11,13-15H2,1-3H3. The molecule has 1 aromatic carbocycles. The Morgan fingerprint density at radius 1 is 1.06 bits per heavy atom. The van der Waals surface area contributed by atoms with Crippen LogP contribution in [0.25, 0.3) is 0 Å². The summed E-state index contributed by atoms with van der Waals surface area (Å²) in [5, 5.41) is 0. The average molecular weight is 469 g/mol. The quantitative estimate of drug-likeness (QED) is 0.589. The van der Waals surface area contributed by atoms with Gasteiger partial charge in [-0.3, -0.25) is 4.79 Å². The van der Waals surface area contributed by atoms with Crippen LogP contribution < -0.4 is 4.74 Å². The van der Waals surface area contributed by atoms with Gasteiger partial charge in [0.2, 0.25) is 10.0 Å². The number of nitrogens with zero attached hydrogens (tertiary/aromatic N) is 2. The summed E-state index contributed by atoms with van der Waals surface area (Å²) in [5.74, 6) is -0.948. The summed E-state index contributed by atoms with van der Waals surface area (Å²) in [6.45, 7) is 5.08. The van der Waals surface area contributed by atoms with Crippen molar-refractivity contribution in [3.05, 3.63) is 23.8 Å². The Kier molecular flexibility index (Phi) is 8.13. The van der Waals surface area contributed by atoms with E-state index in [-0.39, 0.29) is 34.3 Å². The van der Waals surface area contributed by atoms with Gasteiger partial charge in [0.15, 0.2) is 6.61 Å². The molecule has 0 saturated carbocycles. The van der Waals surface area contributed by atoms with Crippen LogP contribution in [0.4, 0.5) is 0 Å². The van der Waals surface area contributed by atoms with Gasteiger partial charge in [0.05, 0.1) is 24.2 Å². The second kappa shape index (κ2) is 10.6. The lowest BCUT2D eigenvalue weighted by atomic mass is 10.2. The van der Waals surface area contributed by atoms with Gasteiger partial charge in [0, 0.05) is 26.2 Å². The van der Waals surface area contributed by atoms with Gasteiger partial charge in [-0.2, -0.15) is 4.31 Å². The Morgan fingerprint density at radius 3 is 2.28 bits per heavy atom. The van der Waals surface area contributed by atoms with Crippen LogP contribution in [0.3, 0.4) is 0 Å². The largest absolute Gasteiger partial charge is 0.496 e. The number of methoxy groups -OCH3 is 1. The molecule has 3 rings (SSSR count). The lowest BCUT2D eigenvalue weighted by molar-refractivity contribution is -0.146. The second-order valence-electron chi connectivity index (χ2n) is 8.31. The molecule has 2 aliphatic heterocycles. The number of ether oxygens (including phenoxy) is 3. The molecule has 9 nitrogen and oxygen atoms in total. The lowest BCUT2D eigenvalue weighted by Crippen LogP contribution is -2.49. The number of esters is 1. The van der Waals surface area contributed by atoms with E-state index in [0.717, 1.165) is 25.7 Å². The normalized spacial score (nSPS) is 22.8. The summed E-state index contributed by atoms with van der Waals surface area (Å²) in [5.41, 5.74) is -0.0279. The molecule has 2 fully saturated rings. The zero-order valence-corrected chi connectivity index (χ0v) is 19.7. The minimum absolute atomic E-state index is 0.00862. The van der Waals surface area contributed by atoms with Crippen molar-refractivity contribution in [2.45, 2.75) is 56.6 Å². The molecule has 1 amide bonds. The molecule has 2 heterocycles. The van der Waals surface area contributed by atoms with Crippen LogP contribution in [0.5, 0.6) is 5.75 Å². The number of rotatable bonds is 6. The molecule has 10 heteroatoms. The monoisotopic (exact) mass is 468 g/mol. The number of hydrogen-bond acceptors (Lipinski definition) is 7. The van der Waals surface area contributed by atoms with Gasteiger partial charge in [-0.1, -0.05) is 12.8 Å². The maximum absolute atomic E-state index is 13.1. The van der Waals surface area contributed by atoms with Crippen LogP contribution in [0.1, 0.15) is 49.9 Å². The predicted octanol–water partition coefficient (Wildman–Crippen LogP) is 2.05. The van der Waals surface area contributed by atoms with Gasteiger partial charge < -0.3 is 19.1 Å². The number of sulfonamides is 1. The van der Waals surface area contributed by atoms with Gasteiger partial charge in [-0.25, -0.2) is 13.2 Å². The van der Waals surface area contributed by atoms with E-state index in [1.807, 2.05) is 13.8 Å². The summed E-state index contributed by atoms with van der Waals surface area (Å²) in [4.78, 5) is 26.9. The molecule has 1 aromatic rings. The number of amides is 1. The van der Waals surface area contributed by atoms with Crippen molar-refractivity contribution >= 4 is 21.9 Å². The Hall–Kier alpha value is -2.17. The molecular formula is C22H32N2O7S. The van der Waals surface area contributed by atoms with Crippen LogP contribution in [-0.2, 0) is 24.3 Å². The van der Waals surface area contributed by atoms with Gasteiger partial charge in [-0.05, 0) is 44.9 Å². The second-order valence-corrected chi connectivity index (χ2v) is 10.3. The minimum Gasteiger partial charge on any atom is -0.496 e. The zero-order chi connectivity index (χ0) is 23.3. The van der Waals surface area contributed by atoms with Gasteiger partial charge in [0.1, 0.15) is 11.3 Å².